The summed E-state index contributed by atoms with van der Waals surface area (Å²) in [5.74, 6) is -0.205. The molecule has 0 radical (unpaired) electrons. The summed E-state index contributed by atoms with van der Waals surface area (Å²) in [6, 6.07) is 8.00. The van der Waals surface area contributed by atoms with Crippen molar-refractivity contribution in [2.24, 2.45) is 0 Å². The van der Waals surface area contributed by atoms with Crippen molar-refractivity contribution in [3.63, 3.8) is 0 Å². The topological polar surface area (TPSA) is 107 Å². The van der Waals surface area contributed by atoms with Gasteiger partial charge in [-0.25, -0.2) is 19.2 Å². The summed E-state index contributed by atoms with van der Waals surface area (Å²) < 4.78 is 14.0. The smallest absolute Gasteiger partial charge is 0.325 e. The molecule has 0 atom stereocenters. The van der Waals surface area contributed by atoms with Gasteiger partial charge in [0.15, 0.2) is 0 Å². The average molecular weight is 562 g/mol. The summed E-state index contributed by atoms with van der Waals surface area (Å²) in [5.41, 5.74) is 1.79. The van der Waals surface area contributed by atoms with E-state index in [0.717, 1.165) is 25.4 Å². The number of imide groups is 1. The molecule has 1 aromatic carbocycles. The van der Waals surface area contributed by atoms with Crippen molar-refractivity contribution in [1.82, 2.24) is 20.2 Å². The molecule has 35 heavy (non-hydrogen) atoms. The van der Waals surface area contributed by atoms with Crippen LogP contribution in [0.15, 0.2) is 41.0 Å². The Labute approximate surface area is 214 Å². The standard InChI is InChI=1S/C24H25BrFN5O3S/c1-24(2)21(33)30-23(34)31(24)9-8-27-22-28-13-17(25)20(29-22)19-12-15(7-10-32)18(35-19)11-14-3-5-16(26)6-4-14/h3-6,12-13,32H,7-11H2,1-2H3,(H,27,28,29)(H,30,33,34). The molecule has 0 unspecified atom stereocenters. The summed E-state index contributed by atoms with van der Waals surface area (Å²) >= 11 is 5.10. The minimum Gasteiger partial charge on any atom is -0.396 e. The van der Waals surface area contributed by atoms with Gasteiger partial charge in [0.2, 0.25) is 5.95 Å². The number of urea groups is 1. The van der Waals surface area contributed by atoms with Gasteiger partial charge in [-0.3, -0.25) is 10.1 Å². The van der Waals surface area contributed by atoms with Crippen LogP contribution < -0.4 is 10.6 Å². The molecule has 1 aliphatic rings. The zero-order valence-electron chi connectivity index (χ0n) is 19.3. The molecule has 0 bridgehead atoms. The fraction of sp³-hybridized carbons (Fsp3) is 0.333. The van der Waals surface area contributed by atoms with Crippen LogP contribution in [-0.2, 0) is 17.6 Å². The van der Waals surface area contributed by atoms with Crippen LogP contribution in [0.5, 0.6) is 0 Å². The highest BCUT2D eigenvalue weighted by atomic mass is 79.9. The van der Waals surface area contributed by atoms with Crippen LogP contribution in [-0.4, -0.2) is 57.1 Å². The van der Waals surface area contributed by atoms with E-state index < -0.39 is 11.6 Å². The van der Waals surface area contributed by atoms with E-state index in [-0.39, 0.29) is 18.3 Å². The minimum atomic E-state index is -0.911. The number of benzene rings is 1. The quantitative estimate of drug-likeness (QED) is 0.341. The van der Waals surface area contributed by atoms with Gasteiger partial charge in [-0.1, -0.05) is 12.1 Å². The first-order valence-electron chi connectivity index (χ1n) is 11.1. The van der Waals surface area contributed by atoms with E-state index in [2.05, 4.69) is 36.5 Å². The van der Waals surface area contributed by atoms with E-state index >= 15 is 0 Å². The molecular weight excluding hydrogens is 537 g/mol. The largest absolute Gasteiger partial charge is 0.396 e. The van der Waals surface area contributed by atoms with Gasteiger partial charge in [0.25, 0.3) is 5.91 Å². The highest BCUT2D eigenvalue weighted by Crippen LogP contribution is 2.36. The number of carbonyl (C=O) groups is 2. The van der Waals surface area contributed by atoms with E-state index in [1.807, 2.05) is 6.07 Å². The number of amides is 3. The van der Waals surface area contributed by atoms with E-state index in [0.29, 0.717) is 37.6 Å². The number of carbonyl (C=O) groups excluding carboxylic acids is 2. The molecule has 1 fully saturated rings. The number of thiophene rings is 1. The first-order chi connectivity index (χ1) is 16.7. The van der Waals surface area contributed by atoms with Crippen LogP contribution in [0.4, 0.5) is 15.1 Å². The summed E-state index contributed by atoms with van der Waals surface area (Å²) in [5, 5.41) is 15.0. The van der Waals surface area contributed by atoms with E-state index in [1.54, 1.807) is 43.5 Å². The molecule has 0 saturated carbocycles. The first-order valence-corrected chi connectivity index (χ1v) is 12.7. The van der Waals surface area contributed by atoms with Gasteiger partial charge in [-0.2, -0.15) is 0 Å². The lowest BCUT2D eigenvalue weighted by Crippen LogP contribution is -2.46. The van der Waals surface area contributed by atoms with Crippen molar-refractivity contribution in [2.45, 2.75) is 32.2 Å². The fourth-order valence-corrected chi connectivity index (χ4v) is 5.62. The molecule has 11 heteroatoms. The Balaban J connectivity index is 1.51. The van der Waals surface area contributed by atoms with Crippen LogP contribution >= 0.6 is 27.3 Å². The Morgan fingerprint density at radius 2 is 2.00 bits per heavy atom. The highest BCUT2D eigenvalue weighted by molar-refractivity contribution is 9.10. The third-order valence-corrected chi connectivity index (χ3v) is 7.61. The molecule has 1 aliphatic heterocycles. The van der Waals surface area contributed by atoms with Gasteiger partial charge in [0.1, 0.15) is 11.4 Å². The van der Waals surface area contributed by atoms with Crippen LogP contribution in [0.25, 0.3) is 10.6 Å². The highest BCUT2D eigenvalue weighted by Gasteiger charge is 2.45. The third-order valence-electron chi connectivity index (χ3n) is 5.85. The predicted octanol–water partition coefficient (Wildman–Crippen LogP) is 3.97. The first kappa shape index (κ1) is 25.2. The Bertz CT molecular complexity index is 1250. The van der Waals surface area contributed by atoms with Crippen molar-refractivity contribution in [1.29, 1.82) is 0 Å². The third kappa shape index (κ3) is 5.52. The SMILES string of the molecule is CC1(C)C(=O)NC(=O)N1CCNc1ncc(Br)c(-c2cc(CCO)c(Cc3ccc(F)cc3)s2)n1. The number of aromatic nitrogens is 2. The molecule has 2 aromatic heterocycles. The van der Waals surface area contributed by atoms with Crippen molar-refractivity contribution < 1.29 is 19.1 Å². The molecule has 8 nitrogen and oxygen atoms in total. The summed E-state index contributed by atoms with van der Waals surface area (Å²) in [6.07, 6.45) is 2.79. The van der Waals surface area contributed by atoms with Crippen LogP contribution in [0, 0.1) is 5.82 Å². The zero-order chi connectivity index (χ0) is 25.2. The number of anilines is 1. The van der Waals surface area contributed by atoms with Gasteiger partial charge in [0.05, 0.1) is 15.0 Å². The summed E-state index contributed by atoms with van der Waals surface area (Å²) in [7, 11) is 0. The number of aliphatic hydroxyl groups excluding tert-OH is 1. The second kappa shape index (κ2) is 10.4. The maximum atomic E-state index is 13.3. The summed E-state index contributed by atoms with van der Waals surface area (Å²) in [4.78, 5) is 36.4. The molecule has 1 saturated heterocycles. The molecule has 0 spiro atoms. The van der Waals surface area contributed by atoms with Gasteiger partial charge in [-0.15, -0.1) is 11.3 Å². The lowest BCUT2D eigenvalue weighted by Gasteiger charge is -2.27. The molecular formula is C24H25BrFN5O3S. The number of aliphatic hydroxyl groups is 1. The number of rotatable bonds is 9. The van der Waals surface area contributed by atoms with Crippen LogP contribution in [0.1, 0.15) is 29.9 Å². The van der Waals surface area contributed by atoms with Gasteiger partial charge >= 0.3 is 6.03 Å². The Morgan fingerprint density at radius 1 is 1.26 bits per heavy atom. The maximum Gasteiger partial charge on any atom is 0.325 e. The van der Waals surface area contributed by atoms with Crippen molar-refractivity contribution >= 4 is 45.2 Å². The lowest BCUT2D eigenvalue weighted by molar-refractivity contribution is -0.125. The Kier molecular flexibility index (Phi) is 7.48. The van der Waals surface area contributed by atoms with Gasteiger partial charge < -0.3 is 15.3 Å². The number of nitrogens with one attached hydrogen (secondary N) is 2. The second-order valence-electron chi connectivity index (χ2n) is 8.62. The minimum absolute atomic E-state index is 0.0211. The van der Waals surface area contributed by atoms with E-state index in [9.17, 15) is 19.1 Å². The molecule has 3 N–H and O–H groups in total. The molecule has 3 amide bonds. The lowest BCUT2D eigenvalue weighted by atomic mass is 10.0. The Hall–Kier alpha value is -2.89. The number of hydrogen-bond acceptors (Lipinski definition) is 7. The predicted molar refractivity (Wildman–Crippen MR) is 136 cm³/mol. The maximum absolute atomic E-state index is 13.3. The fourth-order valence-electron chi connectivity index (χ4n) is 3.83. The zero-order valence-corrected chi connectivity index (χ0v) is 21.7. The van der Waals surface area contributed by atoms with Gasteiger partial charge in [-0.05, 0) is 65.5 Å². The molecule has 184 valence electrons. The van der Waals surface area contributed by atoms with Crippen molar-refractivity contribution in [3.8, 4) is 10.6 Å². The van der Waals surface area contributed by atoms with Gasteiger partial charge in [0, 0.05) is 37.2 Å². The monoisotopic (exact) mass is 561 g/mol. The molecule has 3 heterocycles. The second-order valence-corrected chi connectivity index (χ2v) is 10.6. The normalized spacial score (nSPS) is 14.9. The van der Waals surface area contributed by atoms with Crippen LogP contribution in [0.3, 0.4) is 0 Å². The summed E-state index contributed by atoms with van der Waals surface area (Å²) in [6.45, 7) is 4.09. The molecule has 0 aliphatic carbocycles. The van der Waals surface area contributed by atoms with Crippen molar-refractivity contribution in [2.75, 3.05) is 25.0 Å². The molecule has 4 rings (SSSR count). The van der Waals surface area contributed by atoms with E-state index in [1.165, 1.54) is 17.0 Å². The number of hydrogen-bond donors (Lipinski definition) is 3. The number of nitrogens with zero attached hydrogens (tertiary/aromatic N) is 3. The van der Waals surface area contributed by atoms with E-state index in [4.69, 9.17) is 0 Å². The number of halogens is 2. The Morgan fingerprint density at radius 3 is 2.66 bits per heavy atom. The van der Waals surface area contributed by atoms with Crippen LogP contribution in [0.2, 0.25) is 0 Å². The average Bonchev–Trinajstić information content (AvgIpc) is 3.29. The van der Waals surface area contributed by atoms with Crippen molar-refractivity contribution in [3.05, 3.63) is 62.8 Å². The molecule has 3 aromatic rings.